The Bertz CT molecular complexity index is 1220. The van der Waals surface area contributed by atoms with Gasteiger partial charge in [0.1, 0.15) is 11.5 Å². The number of anilines is 2. The average Bonchev–Trinajstić information content (AvgIpc) is 2.80. The number of ether oxygens (including phenoxy) is 1. The molecular formula is C24H22N4O5. The molecule has 0 radical (unpaired) electrons. The maximum Gasteiger partial charge on any atom is 0.329 e. The Morgan fingerprint density at radius 2 is 1.73 bits per heavy atom. The monoisotopic (exact) mass is 446 g/mol. The van der Waals surface area contributed by atoms with Crippen LogP contribution in [0.15, 0.2) is 71.8 Å². The van der Waals surface area contributed by atoms with Gasteiger partial charge in [0, 0.05) is 11.3 Å². The first-order valence-corrected chi connectivity index (χ1v) is 9.86. The molecule has 0 saturated heterocycles. The Labute approximate surface area is 190 Å². The number of benzene rings is 3. The predicted molar refractivity (Wildman–Crippen MR) is 125 cm³/mol. The number of aryl methyl sites for hydroxylation is 1. The van der Waals surface area contributed by atoms with Crippen molar-refractivity contribution < 1.29 is 24.2 Å². The number of carbonyl (C=O) groups is 3. The molecule has 4 N–H and O–H groups in total. The number of phenols is 1. The van der Waals surface area contributed by atoms with Gasteiger partial charge in [-0.1, -0.05) is 24.3 Å². The summed E-state index contributed by atoms with van der Waals surface area (Å²) >= 11 is 0. The number of carbonyl (C=O) groups excluding carboxylic acids is 3. The highest BCUT2D eigenvalue weighted by Gasteiger charge is 2.18. The second kappa shape index (κ2) is 10.6. The van der Waals surface area contributed by atoms with Crippen molar-refractivity contribution in [1.82, 2.24) is 5.43 Å². The van der Waals surface area contributed by atoms with Gasteiger partial charge < -0.3 is 20.5 Å². The smallest absolute Gasteiger partial charge is 0.329 e. The topological polar surface area (TPSA) is 129 Å². The highest BCUT2D eigenvalue weighted by atomic mass is 16.5. The Balaban J connectivity index is 1.65. The molecule has 168 valence electrons. The van der Waals surface area contributed by atoms with Crippen LogP contribution >= 0.6 is 0 Å². The molecular weight excluding hydrogens is 424 g/mol. The van der Waals surface area contributed by atoms with Crippen molar-refractivity contribution >= 4 is 35.3 Å². The zero-order chi connectivity index (χ0) is 23.8. The molecule has 0 aliphatic carbocycles. The van der Waals surface area contributed by atoms with Crippen LogP contribution in [0.25, 0.3) is 0 Å². The summed E-state index contributed by atoms with van der Waals surface area (Å²) in [6.45, 7) is 1.90. The van der Waals surface area contributed by atoms with Gasteiger partial charge in [0.2, 0.25) is 0 Å². The summed E-state index contributed by atoms with van der Waals surface area (Å²) in [5, 5.41) is 18.7. The summed E-state index contributed by atoms with van der Waals surface area (Å²) in [5.74, 6) is -2.10. The number of amides is 3. The number of nitrogens with zero attached hydrogens (tertiary/aromatic N) is 1. The van der Waals surface area contributed by atoms with Gasteiger partial charge in [-0.15, -0.1) is 0 Å². The lowest BCUT2D eigenvalue weighted by Gasteiger charge is -2.11. The molecule has 0 aromatic heterocycles. The normalized spacial score (nSPS) is 10.5. The van der Waals surface area contributed by atoms with E-state index < -0.39 is 17.7 Å². The Kier molecular flexibility index (Phi) is 7.38. The number of phenolic OH excluding ortho intramolecular Hbond substituents is 1. The maximum atomic E-state index is 12.7. The third kappa shape index (κ3) is 6.17. The molecule has 0 spiro atoms. The number of methoxy groups -OCH3 is 1. The molecule has 9 heteroatoms. The number of rotatable bonds is 6. The standard InChI is InChI=1S/C24H22N4O5/c1-15-6-5-7-17(12-15)26-22(30)19-8-3-4-9-20(19)27-23(31)24(32)28-25-14-16-13-18(33-2)10-11-21(16)29/h3-14,29H,1-2H3,(H,26,30)(H,27,31)(H,28,32)/b25-14+. The SMILES string of the molecule is COc1ccc(O)c(/C=N/NC(=O)C(=O)Nc2ccccc2C(=O)Nc2cccc(C)c2)c1. The molecule has 3 amide bonds. The lowest BCUT2D eigenvalue weighted by atomic mass is 10.1. The van der Waals surface area contributed by atoms with Gasteiger partial charge in [0.15, 0.2) is 0 Å². The van der Waals surface area contributed by atoms with Gasteiger partial charge >= 0.3 is 11.8 Å². The quantitative estimate of drug-likeness (QED) is 0.263. The zero-order valence-electron chi connectivity index (χ0n) is 18.0. The van der Waals surface area contributed by atoms with Gasteiger partial charge in [-0.3, -0.25) is 14.4 Å². The zero-order valence-corrected chi connectivity index (χ0v) is 18.0. The minimum Gasteiger partial charge on any atom is -0.507 e. The largest absolute Gasteiger partial charge is 0.507 e. The molecule has 3 rings (SSSR count). The number of hydrogen-bond acceptors (Lipinski definition) is 6. The maximum absolute atomic E-state index is 12.7. The lowest BCUT2D eigenvalue weighted by molar-refractivity contribution is -0.136. The molecule has 3 aromatic carbocycles. The van der Waals surface area contributed by atoms with E-state index in [2.05, 4.69) is 21.2 Å². The summed E-state index contributed by atoms with van der Waals surface area (Å²) in [5.41, 5.74) is 4.30. The van der Waals surface area contributed by atoms with Crippen LogP contribution in [0.5, 0.6) is 11.5 Å². The van der Waals surface area contributed by atoms with Crippen LogP contribution in [0.4, 0.5) is 11.4 Å². The van der Waals surface area contributed by atoms with Gasteiger partial charge in [-0.25, -0.2) is 5.43 Å². The van der Waals surface area contributed by atoms with E-state index >= 15 is 0 Å². The van der Waals surface area contributed by atoms with Crippen LogP contribution < -0.4 is 20.8 Å². The molecule has 0 heterocycles. The molecule has 3 aromatic rings. The van der Waals surface area contributed by atoms with E-state index in [0.29, 0.717) is 11.4 Å². The highest BCUT2D eigenvalue weighted by molar-refractivity contribution is 6.40. The second-order valence-electron chi connectivity index (χ2n) is 6.95. The van der Waals surface area contributed by atoms with Crippen molar-refractivity contribution in [2.24, 2.45) is 5.10 Å². The number of hydrogen-bond donors (Lipinski definition) is 4. The summed E-state index contributed by atoms with van der Waals surface area (Å²) in [6, 6.07) is 18.1. The molecule has 0 bridgehead atoms. The number of nitrogens with one attached hydrogen (secondary N) is 3. The molecule has 0 atom stereocenters. The minimum atomic E-state index is -1.05. The fraction of sp³-hybridized carbons (Fsp3) is 0.0833. The van der Waals surface area contributed by atoms with Gasteiger partial charge in [-0.05, 0) is 55.0 Å². The van der Waals surface area contributed by atoms with Crippen LogP contribution in [0.1, 0.15) is 21.5 Å². The second-order valence-corrected chi connectivity index (χ2v) is 6.95. The number of para-hydroxylation sites is 1. The van der Waals surface area contributed by atoms with Crippen LogP contribution in [-0.4, -0.2) is 36.2 Å². The van der Waals surface area contributed by atoms with E-state index in [9.17, 15) is 19.5 Å². The van der Waals surface area contributed by atoms with E-state index in [1.807, 2.05) is 25.1 Å². The average molecular weight is 446 g/mol. The Morgan fingerprint density at radius 3 is 2.48 bits per heavy atom. The van der Waals surface area contributed by atoms with Crippen LogP contribution in [0, 0.1) is 6.92 Å². The van der Waals surface area contributed by atoms with Crippen molar-refractivity contribution in [2.75, 3.05) is 17.7 Å². The predicted octanol–water partition coefficient (Wildman–Crippen LogP) is 3.05. The van der Waals surface area contributed by atoms with E-state index in [1.165, 1.54) is 37.6 Å². The molecule has 33 heavy (non-hydrogen) atoms. The first-order chi connectivity index (χ1) is 15.9. The summed E-state index contributed by atoms with van der Waals surface area (Å²) in [6.07, 6.45) is 1.17. The summed E-state index contributed by atoms with van der Waals surface area (Å²) in [7, 11) is 1.47. The first kappa shape index (κ1) is 23.0. The molecule has 0 fully saturated rings. The van der Waals surface area contributed by atoms with Crippen LogP contribution in [0.3, 0.4) is 0 Å². The van der Waals surface area contributed by atoms with E-state index in [1.54, 1.807) is 24.3 Å². The van der Waals surface area contributed by atoms with E-state index in [-0.39, 0.29) is 22.6 Å². The van der Waals surface area contributed by atoms with Gasteiger partial charge in [0.25, 0.3) is 5.91 Å². The molecule has 9 nitrogen and oxygen atoms in total. The van der Waals surface area contributed by atoms with Crippen molar-refractivity contribution in [2.45, 2.75) is 6.92 Å². The number of aromatic hydroxyl groups is 1. The number of hydrazone groups is 1. The Hall–Kier alpha value is -4.66. The van der Waals surface area contributed by atoms with Gasteiger partial charge in [-0.2, -0.15) is 5.10 Å². The summed E-state index contributed by atoms with van der Waals surface area (Å²) in [4.78, 5) is 37.1. The van der Waals surface area contributed by atoms with Crippen LogP contribution in [-0.2, 0) is 9.59 Å². The van der Waals surface area contributed by atoms with Crippen molar-refractivity contribution in [3.8, 4) is 11.5 Å². The summed E-state index contributed by atoms with van der Waals surface area (Å²) < 4.78 is 5.06. The molecule has 0 aliphatic rings. The van der Waals surface area contributed by atoms with Crippen molar-refractivity contribution in [3.05, 3.63) is 83.4 Å². The van der Waals surface area contributed by atoms with Crippen molar-refractivity contribution in [3.63, 3.8) is 0 Å². The first-order valence-electron chi connectivity index (χ1n) is 9.86. The highest BCUT2D eigenvalue weighted by Crippen LogP contribution is 2.21. The lowest BCUT2D eigenvalue weighted by Crippen LogP contribution is -2.33. The van der Waals surface area contributed by atoms with Gasteiger partial charge in [0.05, 0.1) is 24.6 Å². The molecule has 0 unspecified atom stereocenters. The fourth-order valence-electron chi connectivity index (χ4n) is 2.86. The fourth-order valence-corrected chi connectivity index (χ4v) is 2.86. The third-order valence-corrected chi connectivity index (χ3v) is 4.51. The van der Waals surface area contributed by atoms with Crippen LogP contribution in [0.2, 0.25) is 0 Å². The third-order valence-electron chi connectivity index (χ3n) is 4.51. The molecule has 0 aliphatic heterocycles. The van der Waals surface area contributed by atoms with Crippen molar-refractivity contribution in [1.29, 1.82) is 0 Å². The van der Waals surface area contributed by atoms with E-state index in [0.717, 1.165) is 5.56 Å². The minimum absolute atomic E-state index is 0.0770. The van der Waals surface area contributed by atoms with E-state index in [4.69, 9.17) is 4.74 Å². The molecule has 0 saturated carbocycles. The Morgan fingerprint density at radius 1 is 0.939 bits per heavy atom.